The molecule has 4 nitrogen and oxygen atoms in total. The summed E-state index contributed by atoms with van der Waals surface area (Å²) in [5, 5.41) is 8.38. The molecule has 1 aromatic rings. The Morgan fingerprint density at radius 1 is 1.50 bits per heavy atom. The first-order valence-electron chi connectivity index (χ1n) is 3.84. The lowest BCUT2D eigenvalue weighted by Crippen LogP contribution is -2.11. The molecule has 0 aromatic carbocycles. The number of hydrogen-bond donors (Lipinski definition) is 2. The van der Waals surface area contributed by atoms with Gasteiger partial charge in [-0.3, -0.25) is 9.78 Å². The number of carboxylic acid groups (broad SMARTS) is 1. The van der Waals surface area contributed by atoms with Gasteiger partial charge in [-0.25, -0.2) is 0 Å². The summed E-state index contributed by atoms with van der Waals surface area (Å²) in [5.41, 5.74) is 3.55. The van der Waals surface area contributed by atoms with Gasteiger partial charge in [0.05, 0.1) is 17.7 Å². The topological polar surface area (TPSA) is 76.2 Å². The van der Waals surface area contributed by atoms with Crippen molar-refractivity contribution < 1.29 is 23.1 Å². The van der Waals surface area contributed by atoms with Crippen molar-refractivity contribution in [3.8, 4) is 0 Å². The number of halogens is 4. The van der Waals surface area contributed by atoms with Gasteiger partial charge in [-0.15, -0.1) is 12.4 Å². The first-order chi connectivity index (χ1) is 6.80. The van der Waals surface area contributed by atoms with Crippen LogP contribution in [0, 0.1) is 0 Å². The van der Waals surface area contributed by atoms with Crippen molar-refractivity contribution in [2.75, 3.05) is 5.73 Å². The number of alkyl halides is 3. The van der Waals surface area contributed by atoms with E-state index >= 15 is 0 Å². The minimum absolute atomic E-state index is 0. The molecule has 0 unspecified atom stereocenters. The molecule has 0 radical (unpaired) electrons. The minimum atomic E-state index is -4.57. The van der Waals surface area contributed by atoms with Crippen molar-refractivity contribution in [1.82, 2.24) is 4.98 Å². The summed E-state index contributed by atoms with van der Waals surface area (Å²) in [6.45, 7) is 0. The molecule has 1 aromatic heterocycles. The van der Waals surface area contributed by atoms with E-state index in [0.29, 0.717) is 6.20 Å². The summed E-state index contributed by atoms with van der Waals surface area (Å²) in [7, 11) is 0. The van der Waals surface area contributed by atoms with Gasteiger partial charge in [-0.2, -0.15) is 13.2 Å². The Kier molecular flexibility index (Phi) is 4.55. The van der Waals surface area contributed by atoms with Gasteiger partial charge in [0.15, 0.2) is 0 Å². The lowest BCUT2D eigenvalue weighted by Gasteiger charge is -2.09. The average Bonchev–Trinajstić information content (AvgIpc) is 1.99. The Morgan fingerprint density at radius 3 is 2.44 bits per heavy atom. The zero-order valence-corrected chi connectivity index (χ0v) is 8.60. The van der Waals surface area contributed by atoms with Crippen molar-refractivity contribution in [2.24, 2.45) is 0 Å². The second kappa shape index (κ2) is 5.02. The van der Waals surface area contributed by atoms with Gasteiger partial charge >= 0.3 is 12.1 Å². The largest absolute Gasteiger partial charge is 0.481 e. The third-order valence-electron chi connectivity index (χ3n) is 1.63. The normalized spacial score (nSPS) is 10.7. The van der Waals surface area contributed by atoms with Crippen LogP contribution in [0.1, 0.15) is 11.3 Å². The molecule has 3 N–H and O–H groups in total. The average molecular weight is 257 g/mol. The first kappa shape index (κ1) is 14.5. The summed E-state index contributed by atoms with van der Waals surface area (Å²) in [6.07, 6.45) is -4.49. The molecule has 0 atom stereocenters. The third-order valence-corrected chi connectivity index (χ3v) is 1.63. The molecular formula is C8H8ClF3N2O2. The quantitative estimate of drug-likeness (QED) is 0.845. The van der Waals surface area contributed by atoms with Crippen LogP contribution in [0.4, 0.5) is 18.9 Å². The Morgan fingerprint density at radius 2 is 2.06 bits per heavy atom. The van der Waals surface area contributed by atoms with Crippen molar-refractivity contribution in [1.29, 1.82) is 0 Å². The predicted molar refractivity (Wildman–Crippen MR) is 52.2 cm³/mol. The van der Waals surface area contributed by atoms with Crippen LogP contribution in [0.2, 0.25) is 0 Å². The molecule has 1 rings (SSSR count). The van der Waals surface area contributed by atoms with Gasteiger partial charge in [0.2, 0.25) is 0 Å². The van der Waals surface area contributed by atoms with Gasteiger partial charge < -0.3 is 10.8 Å². The summed E-state index contributed by atoms with van der Waals surface area (Å²) in [6, 6.07) is 0.914. The zero-order chi connectivity index (χ0) is 11.6. The highest BCUT2D eigenvalue weighted by molar-refractivity contribution is 5.85. The maximum atomic E-state index is 12.2. The van der Waals surface area contributed by atoms with Crippen LogP contribution in [0.25, 0.3) is 0 Å². The number of nitrogens with zero attached hydrogens (tertiary/aromatic N) is 1. The predicted octanol–water partition coefficient (Wildman–Crippen LogP) is 1.73. The number of aliphatic carboxylic acids is 1. The number of hydrogen-bond acceptors (Lipinski definition) is 3. The molecule has 0 bridgehead atoms. The smallest absolute Gasteiger partial charge is 0.419 e. The van der Waals surface area contributed by atoms with Crippen LogP contribution in [0.15, 0.2) is 12.3 Å². The fourth-order valence-electron chi connectivity index (χ4n) is 1.00. The molecule has 0 spiro atoms. The molecule has 0 amide bonds. The zero-order valence-electron chi connectivity index (χ0n) is 7.78. The summed E-state index contributed by atoms with van der Waals surface area (Å²) in [5.74, 6) is -1.18. The van der Waals surface area contributed by atoms with E-state index in [-0.39, 0.29) is 18.1 Å². The van der Waals surface area contributed by atoms with Gasteiger partial charge in [-0.05, 0) is 6.07 Å². The minimum Gasteiger partial charge on any atom is -0.481 e. The maximum absolute atomic E-state index is 12.2. The summed E-state index contributed by atoms with van der Waals surface area (Å²) in [4.78, 5) is 13.6. The second-order valence-electron chi connectivity index (χ2n) is 2.83. The van der Waals surface area contributed by atoms with Crippen LogP contribution in [0.5, 0.6) is 0 Å². The number of aromatic nitrogens is 1. The van der Waals surface area contributed by atoms with Crippen molar-refractivity contribution in [3.63, 3.8) is 0 Å². The molecule has 0 aliphatic carbocycles. The number of anilines is 1. The van der Waals surface area contributed by atoms with E-state index in [0.717, 1.165) is 6.07 Å². The molecule has 90 valence electrons. The molecule has 0 saturated heterocycles. The Hall–Kier alpha value is -1.50. The maximum Gasteiger partial charge on any atom is 0.419 e. The highest BCUT2D eigenvalue weighted by Crippen LogP contribution is 2.32. The number of carboxylic acids is 1. The van der Waals surface area contributed by atoms with Crippen LogP contribution < -0.4 is 5.73 Å². The van der Waals surface area contributed by atoms with E-state index in [1.54, 1.807) is 0 Å². The van der Waals surface area contributed by atoms with Gasteiger partial charge in [0.1, 0.15) is 0 Å². The fraction of sp³-hybridized carbons (Fsp3) is 0.250. The van der Waals surface area contributed by atoms with Crippen LogP contribution in [-0.4, -0.2) is 16.1 Å². The molecule has 16 heavy (non-hydrogen) atoms. The Bertz CT molecular complexity index is 395. The number of nitrogen functional groups attached to an aromatic ring is 1. The van der Waals surface area contributed by atoms with Crippen LogP contribution >= 0.6 is 12.4 Å². The number of nitrogens with two attached hydrogens (primary N) is 1. The van der Waals surface area contributed by atoms with E-state index in [2.05, 4.69) is 4.98 Å². The number of carbonyl (C=O) groups is 1. The van der Waals surface area contributed by atoms with Crippen molar-refractivity contribution >= 4 is 24.1 Å². The van der Waals surface area contributed by atoms with Gasteiger partial charge in [0, 0.05) is 11.9 Å². The second-order valence-corrected chi connectivity index (χ2v) is 2.83. The molecule has 0 fully saturated rings. The molecule has 0 aliphatic rings. The monoisotopic (exact) mass is 256 g/mol. The highest BCUT2D eigenvalue weighted by Gasteiger charge is 2.33. The third kappa shape index (κ3) is 3.58. The lowest BCUT2D eigenvalue weighted by atomic mass is 10.2. The molecule has 8 heteroatoms. The highest BCUT2D eigenvalue weighted by atomic mass is 35.5. The van der Waals surface area contributed by atoms with Crippen LogP contribution in [-0.2, 0) is 17.4 Å². The number of pyridine rings is 1. The molecule has 0 aliphatic heterocycles. The Balaban J connectivity index is 0.00000225. The molecular weight excluding hydrogens is 249 g/mol. The van der Waals surface area contributed by atoms with E-state index in [9.17, 15) is 18.0 Å². The van der Waals surface area contributed by atoms with E-state index in [1.165, 1.54) is 0 Å². The SMILES string of the molecule is Cl.Nc1cc(CC(=O)O)ncc1C(F)(F)F. The lowest BCUT2D eigenvalue weighted by molar-refractivity contribution is -0.137. The van der Waals surface area contributed by atoms with Crippen molar-refractivity contribution in [3.05, 3.63) is 23.5 Å². The van der Waals surface area contributed by atoms with E-state index in [4.69, 9.17) is 10.8 Å². The van der Waals surface area contributed by atoms with E-state index < -0.39 is 29.8 Å². The first-order valence-corrected chi connectivity index (χ1v) is 3.84. The Labute approximate surface area is 94.7 Å². The van der Waals surface area contributed by atoms with Crippen LogP contribution in [0.3, 0.4) is 0 Å². The molecule has 0 saturated carbocycles. The standard InChI is InChI=1S/C8H7F3N2O2.ClH/c9-8(10,11)5-3-13-4(1-6(5)12)2-7(14)15;/h1,3H,2H2,(H2,12,13)(H,14,15);1H. The van der Waals surface area contributed by atoms with Gasteiger partial charge in [0.25, 0.3) is 0 Å². The number of rotatable bonds is 2. The molecule has 1 heterocycles. The van der Waals surface area contributed by atoms with Crippen molar-refractivity contribution in [2.45, 2.75) is 12.6 Å². The summed E-state index contributed by atoms with van der Waals surface area (Å²) < 4.78 is 36.6. The fourth-order valence-corrected chi connectivity index (χ4v) is 1.00. The summed E-state index contributed by atoms with van der Waals surface area (Å²) >= 11 is 0. The van der Waals surface area contributed by atoms with E-state index in [1.807, 2.05) is 0 Å². The van der Waals surface area contributed by atoms with Gasteiger partial charge in [-0.1, -0.05) is 0 Å².